The fraction of sp³-hybridized carbons (Fsp3) is 0.263. The second-order valence-electron chi connectivity index (χ2n) is 5.81. The van der Waals surface area contributed by atoms with Gasteiger partial charge in [-0.3, -0.25) is 9.59 Å². The molecule has 0 aliphatic carbocycles. The van der Waals surface area contributed by atoms with Crippen molar-refractivity contribution >= 4 is 23.4 Å². The molecule has 0 saturated carbocycles. The lowest BCUT2D eigenvalue weighted by molar-refractivity contribution is -0.120. The maximum Gasteiger partial charge on any atom is 0.251 e. The van der Waals surface area contributed by atoms with E-state index in [9.17, 15) is 14.7 Å². The van der Waals surface area contributed by atoms with Gasteiger partial charge in [0.05, 0.1) is 0 Å². The number of primary amides is 1. The molecule has 0 spiro atoms. The minimum Gasteiger partial charge on any atom is -0.507 e. The number of phenols is 1. The van der Waals surface area contributed by atoms with Crippen molar-refractivity contribution in [2.75, 3.05) is 0 Å². The van der Waals surface area contributed by atoms with Crippen molar-refractivity contribution in [1.82, 2.24) is 5.32 Å². The van der Waals surface area contributed by atoms with E-state index >= 15 is 0 Å². The lowest BCUT2D eigenvalue weighted by Gasteiger charge is -2.15. The highest BCUT2D eigenvalue weighted by Gasteiger charge is 2.18. The summed E-state index contributed by atoms with van der Waals surface area (Å²) < 4.78 is 0. The van der Waals surface area contributed by atoms with Crippen LogP contribution < -0.4 is 11.1 Å². The van der Waals surface area contributed by atoms with Gasteiger partial charge < -0.3 is 16.2 Å². The lowest BCUT2D eigenvalue weighted by Crippen LogP contribution is -2.44. The van der Waals surface area contributed by atoms with E-state index in [1.807, 2.05) is 6.92 Å². The van der Waals surface area contributed by atoms with Gasteiger partial charge in [0.15, 0.2) is 0 Å². The quantitative estimate of drug-likeness (QED) is 0.705. The van der Waals surface area contributed by atoms with Crippen LogP contribution in [0.2, 0.25) is 5.02 Å². The third-order valence-electron chi connectivity index (χ3n) is 3.89. The molecule has 0 heterocycles. The van der Waals surface area contributed by atoms with Gasteiger partial charge >= 0.3 is 0 Å². The molecule has 6 heteroatoms. The number of unbranched alkanes of at least 4 members (excludes halogenated alkanes) is 1. The van der Waals surface area contributed by atoms with Gasteiger partial charge in [-0.05, 0) is 42.3 Å². The van der Waals surface area contributed by atoms with E-state index in [0.717, 1.165) is 12.8 Å². The Balaban J connectivity index is 2.24. The van der Waals surface area contributed by atoms with Gasteiger partial charge in [-0.1, -0.05) is 43.5 Å². The van der Waals surface area contributed by atoms with E-state index in [2.05, 4.69) is 5.32 Å². The Morgan fingerprint density at radius 3 is 2.68 bits per heavy atom. The molecule has 0 aliphatic rings. The number of carbonyl (C=O) groups is 2. The molecule has 2 amide bonds. The van der Waals surface area contributed by atoms with Crippen LogP contribution in [0.1, 0.15) is 36.5 Å². The van der Waals surface area contributed by atoms with Crippen molar-refractivity contribution < 1.29 is 14.7 Å². The number of amides is 2. The smallest absolute Gasteiger partial charge is 0.251 e. The standard InChI is InChI=1S/C19H21ClN2O3/c1-2-3-7-16(18(21)24)22-19(25)13-6-4-5-12(10-13)15-11-14(20)8-9-17(15)23/h4-6,8-11,16,23H,2-3,7H2,1H3,(H2,21,24)(H,22,25)/t16-/m1/s1. The van der Waals surface area contributed by atoms with Crippen LogP contribution in [0.3, 0.4) is 0 Å². The third-order valence-corrected chi connectivity index (χ3v) is 4.12. The van der Waals surface area contributed by atoms with Crippen LogP contribution in [0.15, 0.2) is 42.5 Å². The van der Waals surface area contributed by atoms with Crippen molar-refractivity contribution in [1.29, 1.82) is 0 Å². The second kappa shape index (κ2) is 8.53. The summed E-state index contributed by atoms with van der Waals surface area (Å²) in [4.78, 5) is 24.0. The molecule has 0 fully saturated rings. The largest absolute Gasteiger partial charge is 0.507 e. The number of aromatic hydroxyl groups is 1. The topological polar surface area (TPSA) is 92.4 Å². The maximum atomic E-state index is 12.5. The fourth-order valence-corrected chi connectivity index (χ4v) is 2.67. The maximum absolute atomic E-state index is 12.5. The highest BCUT2D eigenvalue weighted by Crippen LogP contribution is 2.32. The monoisotopic (exact) mass is 360 g/mol. The number of rotatable bonds is 7. The molecule has 1 atom stereocenters. The van der Waals surface area contributed by atoms with E-state index in [-0.39, 0.29) is 11.7 Å². The Labute approximate surface area is 151 Å². The van der Waals surface area contributed by atoms with E-state index in [4.69, 9.17) is 17.3 Å². The first-order chi connectivity index (χ1) is 11.9. The van der Waals surface area contributed by atoms with E-state index in [1.165, 1.54) is 6.07 Å². The summed E-state index contributed by atoms with van der Waals surface area (Å²) in [6.07, 6.45) is 2.21. The molecule has 0 bridgehead atoms. The molecule has 5 nitrogen and oxygen atoms in total. The highest BCUT2D eigenvalue weighted by atomic mass is 35.5. The van der Waals surface area contributed by atoms with Crippen LogP contribution in [-0.4, -0.2) is 23.0 Å². The molecular weight excluding hydrogens is 340 g/mol. The van der Waals surface area contributed by atoms with E-state index in [0.29, 0.717) is 28.1 Å². The number of nitrogens with two attached hydrogens (primary N) is 1. The first-order valence-electron chi connectivity index (χ1n) is 8.11. The number of halogens is 1. The van der Waals surface area contributed by atoms with Crippen molar-refractivity contribution in [3.8, 4) is 16.9 Å². The van der Waals surface area contributed by atoms with Crippen LogP contribution in [0.4, 0.5) is 0 Å². The van der Waals surface area contributed by atoms with Crippen molar-refractivity contribution in [2.45, 2.75) is 32.2 Å². The average Bonchev–Trinajstić information content (AvgIpc) is 2.60. The second-order valence-corrected chi connectivity index (χ2v) is 6.25. The Hall–Kier alpha value is -2.53. The number of phenolic OH excluding ortho intramolecular Hbond substituents is 1. The molecule has 4 N–H and O–H groups in total. The van der Waals surface area contributed by atoms with Crippen molar-refractivity contribution in [3.05, 3.63) is 53.1 Å². The highest BCUT2D eigenvalue weighted by molar-refractivity contribution is 6.31. The van der Waals surface area contributed by atoms with Crippen LogP contribution in [0, 0.1) is 0 Å². The SMILES string of the molecule is CCCC[C@@H](NC(=O)c1cccc(-c2cc(Cl)ccc2O)c1)C(N)=O. The van der Waals surface area contributed by atoms with Gasteiger partial charge in [-0.25, -0.2) is 0 Å². The van der Waals surface area contributed by atoms with Gasteiger partial charge in [0.25, 0.3) is 5.91 Å². The Bertz CT molecular complexity index is 777. The molecule has 25 heavy (non-hydrogen) atoms. The minimum absolute atomic E-state index is 0.0694. The van der Waals surface area contributed by atoms with Crippen LogP contribution in [0.5, 0.6) is 5.75 Å². The minimum atomic E-state index is -0.698. The summed E-state index contributed by atoms with van der Waals surface area (Å²) in [5, 5.41) is 13.2. The Morgan fingerprint density at radius 1 is 1.24 bits per heavy atom. The fourth-order valence-electron chi connectivity index (χ4n) is 2.50. The summed E-state index contributed by atoms with van der Waals surface area (Å²) in [6, 6.07) is 10.8. The number of hydrogen-bond acceptors (Lipinski definition) is 3. The average molecular weight is 361 g/mol. The van der Waals surface area contributed by atoms with Crippen LogP contribution in [0.25, 0.3) is 11.1 Å². The zero-order valence-electron chi connectivity index (χ0n) is 14.0. The molecular formula is C19H21ClN2O3. The molecule has 2 aromatic rings. The number of nitrogens with one attached hydrogen (secondary N) is 1. The van der Waals surface area contributed by atoms with Gasteiger partial charge in [0, 0.05) is 16.1 Å². The number of benzene rings is 2. The lowest BCUT2D eigenvalue weighted by atomic mass is 10.0. The van der Waals surface area contributed by atoms with Gasteiger partial charge in [-0.2, -0.15) is 0 Å². The van der Waals surface area contributed by atoms with E-state index < -0.39 is 11.9 Å². The Morgan fingerprint density at radius 2 is 2.00 bits per heavy atom. The third kappa shape index (κ3) is 4.97. The zero-order chi connectivity index (χ0) is 18.4. The van der Waals surface area contributed by atoms with Crippen molar-refractivity contribution in [2.24, 2.45) is 5.73 Å². The number of hydrogen-bond donors (Lipinski definition) is 3. The summed E-state index contributed by atoms with van der Waals surface area (Å²) >= 11 is 5.98. The van der Waals surface area contributed by atoms with Gasteiger partial charge in [-0.15, -0.1) is 0 Å². The summed E-state index contributed by atoms with van der Waals surface area (Å²) in [6.45, 7) is 2.00. The van der Waals surface area contributed by atoms with Gasteiger partial charge in [0.2, 0.25) is 5.91 Å². The first kappa shape index (κ1) is 18.8. The predicted molar refractivity (Wildman–Crippen MR) is 98.5 cm³/mol. The molecule has 132 valence electrons. The normalized spacial score (nSPS) is 11.8. The summed E-state index contributed by atoms with van der Waals surface area (Å²) in [5.74, 6) is -0.867. The molecule has 0 aliphatic heterocycles. The molecule has 0 aromatic heterocycles. The van der Waals surface area contributed by atoms with E-state index in [1.54, 1.807) is 36.4 Å². The summed E-state index contributed by atoms with van der Waals surface area (Å²) in [5.41, 5.74) is 6.91. The summed E-state index contributed by atoms with van der Waals surface area (Å²) in [7, 11) is 0. The van der Waals surface area contributed by atoms with Crippen molar-refractivity contribution in [3.63, 3.8) is 0 Å². The molecule has 0 unspecified atom stereocenters. The van der Waals surface area contributed by atoms with Crippen LogP contribution >= 0.6 is 11.6 Å². The Kier molecular flexibility index (Phi) is 6.42. The molecule has 0 saturated heterocycles. The first-order valence-corrected chi connectivity index (χ1v) is 8.49. The zero-order valence-corrected chi connectivity index (χ0v) is 14.7. The predicted octanol–water partition coefficient (Wildman–Crippen LogP) is 3.49. The van der Waals surface area contributed by atoms with Gasteiger partial charge in [0.1, 0.15) is 11.8 Å². The molecule has 2 rings (SSSR count). The van der Waals surface area contributed by atoms with Crippen LogP contribution in [-0.2, 0) is 4.79 Å². The molecule has 0 radical (unpaired) electrons. The molecule has 2 aromatic carbocycles. The number of carbonyl (C=O) groups excluding carboxylic acids is 2.